The second-order valence-electron chi connectivity index (χ2n) is 6.69. The lowest BCUT2D eigenvalue weighted by Gasteiger charge is -2.09. The van der Waals surface area contributed by atoms with Crippen LogP contribution in [0.15, 0.2) is 54.6 Å². The van der Waals surface area contributed by atoms with Crippen molar-refractivity contribution in [3.8, 4) is 22.8 Å². The molecule has 128 valence electrons. The molecule has 25 heavy (non-hydrogen) atoms. The predicted octanol–water partition coefficient (Wildman–Crippen LogP) is 4.99. The number of hydrogen-bond acceptors (Lipinski definition) is 3. The fourth-order valence-electron chi connectivity index (χ4n) is 2.97. The van der Waals surface area contributed by atoms with E-state index in [1.165, 1.54) is 0 Å². The van der Waals surface area contributed by atoms with E-state index < -0.39 is 0 Å². The van der Waals surface area contributed by atoms with Crippen molar-refractivity contribution in [3.05, 3.63) is 60.2 Å². The van der Waals surface area contributed by atoms with E-state index in [0.29, 0.717) is 5.75 Å². The van der Waals surface area contributed by atoms with Gasteiger partial charge in [-0.25, -0.2) is 0 Å². The van der Waals surface area contributed by atoms with Crippen LogP contribution in [0.25, 0.3) is 0 Å². The molecule has 0 N–H and O–H groups in total. The summed E-state index contributed by atoms with van der Waals surface area (Å²) < 4.78 is 11.3. The first-order valence-electron chi connectivity index (χ1n) is 8.12. The second kappa shape index (κ2) is 7.21. The van der Waals surface area contributed by atoms with Gasteiger partial charge in [0.15, 0.2) is 0 Å². The molecule has 2 aromatic rings. The van der Waals surface area contributed by atoms with Crippen LogP contribution in [0.5, 0.6) is 11.5 Å². The molecule has 0 spiro atoms. The third kappa shape index (κ3) is 3.97. The highest BCUT2D eigenvalue weighted by Gasteiger charge is 2.62. The Morgan fingerprint density at radius 2 is 1.84 bits per heavy atom. The molecule has 0 saturated heterocycles. The van der Waals surface area contributed by atoms with Gasteiger partial charge in [-0.2, -0.15) is 0 Å². The molecule has 1 aliphatic rings. The molecule has 0 unspecified atom stereocenters. The first-order chi connectivity index (χ1) is 12.0. The molecule has 0 amide bonds. The molecule has 4 heteroatoms. The zero-order chi connectivity index (χ0) is 17.9. The van der Waals surface area contributed by atoms with E-state index in [2.05, 4.69) is 11.3 Å². The summed E-state index contributed by atoms with van der Waals surface area (Å²) in [6.07, 6.45) is 0. The zero-order valence-electron chi connectivity index (χ0n) is 14.2. The molecule has 2 aromatic carbocycles. The van der Waals surface area contributed by atoms with Crippen LogP contribution in [-0.4, -0.2) is 5.97 Å². The molecule has 0 aliphatic heterocycles. The Bertz CT molecular complexity index is 818. The van der Waals surface area contributed by atoms with Crippen molar-refractivity contribution in [3.63, 3.8) is 0 Å². The minimum atomic E-state index is -0.233. The summed E-state index contributed by atoms with van der Waals surface area (Å²) >= 11 is 5.46. The summed E-state index contributed by atoms with van der Waals surface area (Å²) in [6.45, 7) is 4.21. The third-order valence-corrected chi connectivity index (χ3v) is 4.66. The first-order valence-corrected chi connectivity index (χ1v) is 8.50. The van der Waals surface area contributed by atoms with Crippen LogP contribution in [0.3, 0.4) is 0 Å². The lowest BCUT2D eigenvalue weighted by molar-refractivity contribution is -0.147. The van der Waals surface area contributed by atoms with Crippen LogP contribution in [0, 0.1) is 28.6 Å². The minimum absolute atomic E-state index is 0.0368. The Morgan fingerprint density at radius 1 is 1.12 bits per heavy atom. The van der Waals surface area contributed by atoms with Gasteiger partial charge in [-0.05, 0) is 46.8 Å². The molecule has 1 aliphatic carbocycles. The number of benzene rings is 2. The van der Waals surface area contributed by atoms with Crippen LogP contribution in [0.2, 0.25) is 0 Å². The minimum Gasteiger partial charge on any atom is -0.461 e. The van der Waals surface area contributed by atoms with Gasteiger partial charge >= 0.3 is 5.97 Å². The summed E-state index contributed by atoms with van der Waals surface area (Å²) in [4.78, 5) is 12.3. The highest BCUT2D eigenvalue weighted by molar-refractivity contribution is 6.30. The molecular formula is C21H19ClO3. The van der Waals surface area contributed by atoms with Crippen LogP contribution in [0.1, 0.15) is 19.4 Å². The van der Waals surface area contributed by atoms with E-state index in [-0.39, 0.29) is 29.8 Å². The number of carbonyl (C=O) groups is 1. The van der Waals surface area contributed by atoms with Gasteiger partial charge in [0, 0.05) is 11.3 Å². The lowest BCUT2D eigenvalue weighted by atomic mass is 10.1. The van der Waals surface area contributed by atoms with Gasteiger partial charge in [0.25, 0.3) is 0 Å². The van der Waals surface area contributed by atoms with Crippen molar-refractivity contribution in [2.75, 3.05) is 0 Å². The SMILES string of the molecule is CC1(C)[C@H](C#CCl)[C@@H]1C(=O)OCc1cccc(Oc2ccccc2)c1. The molecule has 1 saturated carbocycles. The summed E-state index contributed by atoms with van der Waals surface area (Å²) in [5.74, 6) is 3.85. The first kappa shape index (κ1) is 17.4. The molecule has 1 fully saturated rings. The average Bonchev–Trinajstić information content (AvgIpc) is 3.15. The van der Waals surface area contributed by atoms with Crippen molar-refractivity contribution >= 4 is 17.6 Å². The lowest BCUT2D eigenvalue weighted by Crippen LogP contribution is -2.10. The number of ether oxygens (including phenoxy) is 2. The maximum Gasteiger partial charge on any atom is 0.311 e. The van der Waals surface area contributed by atoms with Crippen molar-refractivity contribution in [1.29, 1.82) is 0 Å². The van der Waals surface area contributed by atoms with Crippen molar-refractivity contribution < 1.29 is 14.3 Å². The summed E-state index contributed by atoms with van der Waals surface area (Å²) in [5.41, 5.74) is 0.692. The van der Waals surface area contributed by atoms with Gasteiger partial charge in [0.1, 0.15) is 18.1 Å². The van der Waals surface area contributed by atoms with Gasteiger partial charge in [-0.15, -0.1) is 0 Å². The van der Waals surface area contributed by atoms with Crippen molar-refractivity contribution in [2.24, 2.45) is 17.3 Å². The Kier molecular flexibility index (Phi) is 5.01. The van der Waals surface area contributed by atoms with E-state index in [1.807, 2.05) is 68.4 Å². The van der Waals surface area contributed by atoms with Gasteiger partial charge in [0.2, 0.25) is 0 Å². The van der Waals surface area contributed by atoms with E-state index in [1.54, 1.807) is 0 Å². The number of para-hydroxylation sites is 1. The molecular weight excluding hydrogens is 336 g/mol. The monoisotopic (exact) mass is 354 g/mol. The second-order valence-corrected chi connectivity index (χ2v) is 6.87. The Hall–Kier alpha value is -2.44. The van der Waals surface area contributed by atoms with Gasteiger partial charge in [-0.3, -0.25) is 4.79 Å². The number of esters is 1. The van der Waals surface area contributed by atoms with E-state index in [0.717, 1.165) is 11.3 Å². The maximum absolute atomic E-state index is 12.3. The maximum atomic E-state index is 12.3. The third-order valence-electron chi connectivity index (χ3n) is 4.55. The summed E-state index contributed by atoms with van der Waals surface area (Å²) in [6, 6.07) is 17.1. The Labute approximate surface area is 152 Å². The summed E-state index contributed by atoms with van der Waals surface area (Å²) in [5, 5.41) is 2.37. The molecule has 3 nitrogen and oxygen atoms in total. The largest absolute Gasteiger partial charge is 0.461 e. The van der Waals surface area contributed by atoms with Gasteiger partial charge in [-0.1, -0.05) is 50.1 Å². The number of rotatable bonds is 5. The molecule has 0 heterocycles. The zero-order valence-corrected chi connectivity index (χ0v) is 14.9. The number of halogens is 1. The smallest absolute Gasteiger partial charge is 0.311 e. The average molecular weight is 355 g/mol. The van der Waals surface area contributed by atoms with Crippen molar-refractivity contribution in [1.82, 2.24) is 0 Å². The summed E-state index contributed by atoms with van der Waals surface area (Å²) in [7, 11) is 0. The quantitative estimate of drug-likeness (QED) is 0.560. The number of hydrogen-bond donors (Lipinski definition) is 0. The highest BCUT2D eigenvalue weighted by Crippen LogP contribution is 2.58. The predicted molar refractivity (Wildman–Crippen MR) is 97.1 cm³/mol. The fraction of sp³-hybridized carbons (Fsp3) is 0.286. The Morgan fingerprint density at radius 3 is 2.56 bits per heavy atom. The van der Waals surface area contributed by atoms with Crippen LogP contribution in [-0.2, 0) is 16.1 Å². The van der Waals surface area contributed by atoms with Crippen LogP contribution < -0.4 is 4.74 Å². The van der Waals surface area contributed by atoms with E-state index in [4.69, 9.17) is 21.1 Å². The van der Waals surface area contributed by atoms with Crippen LogP contribution >= 0.6 is 11.6 Å². The van der Waals surface area contributed by atoms with Gasteiger partial charge in [0.05, 0.1) is 5.92 Å². The van der Waals surface area contributed by atoms with Crippen molar-refractivity contribution in [2.45, 2.75) is 20.5 Å². The van der Waals surface area contributed by atoms with Crippen LogP contribution in [0.4, 0.5) is 0 Å². The normalized spacial score (nSPS) is 20.1. The molecule has 2 atom stereocenters. The van der Waals surface area contributed by atoms with E-state index in [9.17, 15) is 4.79 Å². The topological polar surface area (TPSA) is 35.5 Å². The molecule has 3 rings (SSSR count). The molecule has 0 bridgehead atoms. The standard InChI is InChI=1S/C21H19ClO3/c1-21(2)18(11-12-22)19(21)20(23)24-14-15-7-6-10-17(13-15)25-16-8-4-3-5-9-16/h3-10,13,18-19H,14H2,1-2H3/t18-,19-/m1/s1. The highest BCUT2D eigenvalue weighted by atomic mass is 35.5. The van der Waals surface area contributed by atoms with Gasteiger partial charge < -0.3 is 9.47 Å². The Balaban J connectivity index is 1.59. The molecule has 0 radical (unpaired) electrons. The number of carbonyl (C=O) groups excluding carboxylic acids is 1. The fourth-order valence-corrected chi connectivity index (χ4v) is 3.09. The molecule has 0 aromatic heterocycles. The van der Waals surface area contributed by atoms with E-state index >= 15 is 0 Å².